The quantitative estimate of drug-likeness (QED) is 0.753. The number of benzene rings is 1. The van der Waals surface area contributed by atoms with Crippen LogP contribution in [0.4, 0.5) is 5.69 Å². The van der Waals surface area contributed by atoms with Crippen molar-refractivity contribution < 1.29 is 14.3 Å². The highest BCUT2D eigenvalue weighted by molar-refractivity contribution is 5.95. The molecule has 1 rings (SSSR count). The zero-order valence-electron chi connectivity index (χ0n) is 12.8. The zero-order valence-corrected chi connectivity index (χ0v) is 12.8. The number of ether oxygens (including phenoxy) is 1. The summed E-state index contributed by atoms with van der Waals surface area (Å²) in [5.41, 5.74) is 0.601. The molecule has 0 aliphatic heterocycles. The molecule has 0 aromatic heterocycles. The molecule has 0 aliphatic rings. The fourth-order valence-electron chi connectivity index (χ4n) is 1.88. The molecule has 2 amide bonds. The van der Waals surface area contributed by atoms with Gasteiger partial charge in [0.1, 0.15) is 5.75 Å². The Morgan fingerprint density at radius 1 is 1.29 bits per heavy atom. The number of hydrogen-bond donors (Lipinski definition) is 2. The predicted octanol–water partition coefficient (Wildman–Crippen LogP) is 1.09. The number of carbonyl (C=O) groups is 2. The number of nitrogens with one attached hydrogen (secondary N) is 2. The van der Waals surface area contributed by atoms with Crippen LogP contribution in [0, 0.1) is 0 Å². The van der Waals surface area contributed by atoms with Crippen LogP contribution in [0.2, 0.25) is 0 Å². The van der Waals surface area contributed by atoms with Crippen LogP contribution in [-0.2, 0) is 9.59 Å². The zero-order chi connectivity index (χ0) is 15.7. The molecule has 6 heteroatoms. The molecule has 1 aromatic rings. The number of amides is 2. The van der Waals surface area contributed by atoms with Crippen molar-refractivity contribution in [3.63, 3.8) is 0 Å². The van der Waals surface area contributed by atoms with Crippen molar-refractivity contribution >= 4 is 17.5 Å². The second kappa shape index (κ2) is 8.97. The Morgan fingerprint density at radius 2 is 2.00 bits per heavy atom. The average molecular weight is 293 g/mol. The average Bonchev–Trinajstić information content (AvgIpc) is 2.50. The molecule has 0 unspecified atom stereocenters. The number of anilines is 1. The number of carbonyl (C=O) groups excluding carboxylic acids is 2. The van der Waals surface area contributed by atoms with Crippen LogP contribution in [0.1, 0.15) is 13.3 Å². The lowest BCUT2D eigenvalue weighted by Gasteiger charge is -2.20. The summed E-state index contributed by atoms with van der Waals surface area (Å²) in [7, 11) is 3.34. The second-order valence-electron chi connectivity index (χ2n) is 4.51. The number of hydrogen-bond acceptors (Lipinski definition) is 4. The van der Waals surface area contributed by atoms with E-state index in [9.17, 15) is 9.59 Å². The van der Waals surface area contributed by atoms with E-state index in [0.717, 1.165) is 0 Å². The molecular weight excluding hydrogens is 270 g/mol. The van der Waals surface area contributed by atoms with E-state index in [0.29, 0.717) is 30.9 Å². The van der Waals surface area contributed by atoms with Gasteiger partial charge in [-0.05, 0) is 26.1 Å². The van der Waals surface area contributed by atoms with Crippen molar-refractivity contribution in [2.24, 2.45) is 0 Å². The Hall–Kier alpha value is -2.08. The van der Waals surface area contributed by atoms with E-state index in [2.05, 4.69) is 10.6 Å². The van der Waals surface area contributed by atoms with E-state index in [-0.39, 0.29) is 18.4 Å². The van der Waals surface area contributed by atoms with E-state index in [1.54, 1.807) is 26.3 Å². The van der Waals surface area contributed by atoms with Crippen molar-refractivity contribution in [1.29, 1.82) is 0 Å². The molecule has 0 fully saturated rings. The third kappa shape index (κ3) is 5.43. The minimum atomic E-state index is -0.237. The van der Waals surface area contributed by atoms with Gasteiger partial charge in [0, 0.05) is 19.5 Å². The Balaban J connectivity index is 2.60. The Morgan fingerprint density at radius 3 is 2.62 bits per heavy atom. The van der Waals surface area contributed by atoms with Gasteiger partial charge in [0.05, 0.1) is 19.3 Å². The van der Waals surface area contributed by atoms with Gasteiger partial charge < -0.3 is 20.3 Å². The third-order valence-electron chi connectivity index (χ3n) is 3.04. The first kappa shape index (κ1) is 17.0. The molecule has 2 N–H and O–H groups in total. The highest BCUT2D eigenvalue weighted by atomic mass is 16.5. The molecule has 0 bridgehead atoms. The van der Waals surface area contributed by atoms with Crippen LogP contribution >= 0.6 is 0 Å². The van der Waals surface area contributed by atoms with E-state index in [1.807, 2.05) is 19.1 Å². The summed E-state index contributed by atoms with van der Waals surface area (Å²) >= 11 is 0. The fourth-order valence-corrected chi connectivity index (χ4v) is 1.88. The SMILES string of the molecule is CCN(CC(=O)Nc1ccccc1OC)C(=O)CCNC. The number of para-hydroxylation sites is 2. The summed E-state index contributed by atoms with van der Waals surface area (Å²) in [4.78, 5) is 25.5. The lowest BCUT2D eigenvalue weighted by Crippen LogP contribution is -2.38. The van der Waals surface area contributed by atoms with Crippen molar-refractivity contribution in [3.8, 4) is 5.75 Å². The van der Waals surface area contributed by atoms with Gasteiger partial charge in [-0.15, -0.1) is 0 Å². The second-order valence-corrected chi connectivity index (χ2v) is 4.51. The van der Waals surface area contributed by atoms with Crippen LogP contribution in [0.15, 0.2) is 24.3 Å². The first-order chi connectivity index (χ1) is 10.1. The Kier molecular flexibility index (Phi) is 7.25. The first-order valence-corrected chi connectivity index (χ1v) is 6.97. The summed E-state index contributed by atoms with van der Waals surface area (Å²) in [6.45, 7) is 3.00. The predicted molar refractivity (Wildman–Crippen MR) is 82.4 cm³/mol. The summed E-state index contributed by atoms with van der Waals surface area (Å²) in [5.74, 6) is 0.316. The topological polar surface area (TPSA) is 70.7 Å². The highest BCUT2D eigenvalue weighted by Crippen LogP contribution is 2.22. The summed E-state index contributed by atoms with van der Waals surface area (Å²) in [6.07, 6.45) is 0.381. The number of likely N-dealkylation sites (N-methyl/N-ethyl adjacent to an activating group) is 1. The van der Waals surface area contributed by atoms with E-state index in [1.165, 1.54) is 4.90 Å². The van der Waals surface area contributed by atoms with Crippen LogP contribution in [0.3, 0.4) is 0 Å². The van der Waals surface area contributed by atoms with Crippen molar-refractivity contribution in [1.82, 2.24) is 10.2 Å². The summed E-state index contributed by atoms with van der Waals surface area (Å²) in [6, 6.07) is 7.17. The lowest BCUT2D eigenvalue weighted by atomic mass is 10.3. The van der Waals surface area contributed by atoms with Crippen LogP contribution in [0.25, 0.3) is 0 Å². The molecule has 0 saturated heterocycles. The monoisotopic (exact) mass is 293 g/mol. The van der Waals surface area contributed by atoms with Gasteiger partial charge in [-0.3, -0.25) is 9.59 Å². The molecule has 1 aromatic carbocycles. The third-order valence-corrected chi connectivity index (χ3v) is 3.04. The lowest BCUT2D eigenvalue weighted by molar-refractivity contribution is -0.134. The molecule has 6 nitrogen and oxygen atoms in total. The summed E-state index contributed by atoms with van der Waals surface area (Å²) < 4.78 is 5.17. The number of nitrogens with zero attached hydrogens (tertiary/aromatic N) is 1. The van der Waals surface area contributed by atoms with Crippen LogP contribution in [-0.4, -0.2) is 50.5 Å². The van der Waals surface area contributed by atoms with Crippen LogP contribution in [0.5, 0.6) is 5.75 Å². The molecule has 0 heterocycles. The van der Waals surface area contributed by atoms with Gasteiger partial charge in [-0.1, -0.05) is 12.1 Å². The Bertz CT molecular complexity index is 477. The molecule has 0 aliphatic carbocycles. The van der Waals surface area contributed by atoms with Crippen LogP contribution < -0.4 is 15.4 Å². The van der Waals surface area contributed by atoms with Gasteiger partial charge >= 0.3 is 0 Å². The van der Waals surface area contributed by atoms with E-state index in [4.69, 9.17) is 4.74 Å². The molecule has 0 saturated carbocycles. The molecule has 0 atom stereocenters. The largest absolute Gasteiger partial charge is 0.495 e. The minimum Gasteiger partial charge on any atom is -0.495 e. The normalized spacial score (nSPS) is 10.0. The number of methoxy groups -OCH3 is 1. The molecule has 21 heavy (non-hydrogen) atoms. The van der Waals surface area contributed by atoms with Crippen molar-refractivity contribution in [2.75, 3.05) is 39.1 Å². The smallest absolute Gasteiger partial charge is 0.244 e. The highest BCUT2D eigenvalue weighted by Gasteiger charge is 2.15. The standard InChI is InChI=1S/C15H23N3O3/c1-4-18(15(20)9-10-16-2)11-14(19)17-12-7-5-6-8-13(12)21-3/h5-8,16H,4,9-11H2,1-3H3,(H,17,19). The minimum absolute atomic E-state index is 0.0388. The van der Waals surface area contributed by atoms with Gasteiger partial charge in [0.25, 0.3) is 0 Å². The van der Waals surface area contributed by atoms with Crippen molar-refractivity contribution in [3.05, 3.63) is 24.3 Å². The molecule has 0 spiro atoms. The first-order valence-electron chi connectivity index (χ1n) is 6.97. The van der Waals surface area contributed by atoms with E-state index >= 15 is 0 Å². The van der Waals surface area contributed by atoms with Gasteiger partial charge in [-0.25, -0.2) is 0 Å². The molecule has 0 radical (unpaired) electrons. The maximum Gasteiger partial charge on any atom is 0.244 e. The molecule has 116 valence electrons. The maximum absolute atomic E-state index is 12.1. The van der Waals surface area contributed by atoms with Gasteiger partial charge in [-0.2, -0.15) is 0 Å². The maximum atomic E-state index is 12.1. The molecular formula is C15H23N3O3. The number of rotatable bonds is 8. The van der Waals surface area contributed by atoms with E-state index < -0.39 is 0 Å². The Labute approximate surface area is 125 Å². The fraction of sp³-hybridized carbons (Fsp3) is 0.467. The van der Waals surface area contributed by atoms with Gasteiger partial charge in [0.15, 0.2) is 0 Å². The van der Waals surface area contributed by atoms with Gasteiger partial charge in [0.2, 0.25) is 11.8 Å². The van der Waals surface area contributed by atoms with Crippen molar-refractivity contribution in [2.45, 2.75) is 13.3 Å². The summed E-state index contributed by atoms with van der Waals surface area (Å²) in [5, 5.41) is 5.68.